The average molecular weight is 312 g/mol. The van der Waals surface area contributed by atoms with E-state index < -0.39 is 6.03 Å². The summed E-state index contributed by atoms with van der Waals surface area (Å²) in [5.41, 5.74) is 7.39. The molecule has 108 valence electrons. The second-order valence-electron chi connectivity index (χ2n) is 4.57. The van der Waals surface area contributed by atoms with Gasteiger partial charge in [-0.2, -0.15) is 10.4 Å². The molecule has 0 unspecified atom stereocenters. The second-order valence-corrected chi connectivity index (χ2v) is 4.95. The fourth-order valence-electron chi connectivity index (χ4n) is 2.28. The lowest BCUT2D eigenvalue weighted by Gasteiger charge is -2.08. The number of benzene rings is 2. The van der Waals surface area contributed by atoms with Gasteiger partial charge in [-0.05, 0) is 11.6 Å². The van der Waals surface area contributed by atoms with E-state index in [9.17, 15) is 10.1 Å². The molecule has 0 aliphatic carbocycles. The molecule has 0 atom stereocenters. The number of nitriles is 1. The summed E-state index contributed by atoms with van der Waals surface area (Å²) in [6, 6.07) is 12.5. The highest BCUT2D eigenvalue weighted by atomic mass is 35.5. The standard InChI is InChI=1S/C15H10ClN5O/c16-12-9(8-4-2-1-3-5-8)6-10-13(11(12)7-17)20-21-14(10)19-15(18)22/h1-6H,(H4,18,19,20,21,22). The first-order valence-electron chi connectivity index (χ1n) is 6.34. The molecule has 0 bridgehead atoms. The number of aromatic amines is 1. The normalized spacial score (nSPS) is 10.4. The van der Waals surface area contributed by atoms with Crippen molar-refractivity contribution in [2.24, 2.45) is 5.73 Å². The van der Waals surface area contributed by atoms with Gasteiger partial charge in [0.1, 0.15) is 6.07 Å². The van der Waals surface area contributed by atoms with E-state index in [1.807, 2.05) is 30.3 Å². The Hall–Kier alpha value is -3.04. The van der Waals surface area contributed by atoms with Gasteiger partial charge in [-0.1, -0.05) is 41.9 Å². The number of carbonyl (C=O) groups excluding carboxylic acids is 1. The predicted molar refractivity (Wildman–Crippen MR) is 84.5 cm³/mol. The third-order valence-electron chi connectivity index (χ3n) is 3.24. The molecule has 22 heavy (non-hydrogen) atoms. The van der Waals surface area contributed by atoms with E-state index in [-0.39, 0.29) is 11.4 Å². The Labute approximate surface area is 130 Å². The summed E-state index contributed by atoms with van der Waals surface area (Å²) in [5.74, 6) is 0.257. The molecule has 3 rings (SSSR count). The molecule has 0 aliphatic rings. The molecule has 6 nitrogen and oxygen atoms in total. The maximum absolute atomic E-state index is 11.1. The van der Waals surface area contributed by atoms with Crippen LogP contribution < -0.4 is 11.1 Å². The Bertz CT molecular complexity index is 911. The Morgan fingerprint density at radius 2 is 2.09 bits per heavy atom. The average Bonchev–Trinajstić information content (AvgIpc) is 2.89. The number of amides is 2. The molecule has 1 aromatic heterocycles. The topological polar surface area (TPSA) is 108 Å². The second kappa shape index (κ2) is 5.39. The molecule has 0 saturated heterocycles. The number of nitrogens with two attached hydrogens (primary N) is 1. The van der Waals surface area contributed by atoms with E-state index in [2.05, 4.69) is 21.6 Å². The first kappa shape index (κ1) is 13.9. The molecule has 4 N–H and O–H groups in total. The van der Waals surface area contributed by atoms with E-state index in [4.69, 9.17) is 17.3 Å². The number of primary amides is 1. The van der Waals surface area contributed by atoms with Gasteiger partial charge in [-0.15, -0.1) is 0 Å². The number of aromatic nitrogens is 2. The zero-order valence-corrected chi connectivity index (χ0v) is 12.0. The quantitative estimate of drug-likeness (QED) is 0.676. The van der Waals surface area contributed by atoms with Crippen molar-refractivity contribution in [3.8, 4) is 17.2 Å². The Morgan fingerprint density at radius 1 is 1.36 bits per heavy atom. The van der Waals surface area contributed by atoms with Crippen LogP contribution in [0.25, 0.3) is 22.0 Å². The fraction of sp³-hybridized carbons (Fsp3) is 0. The first-order valence-corrected chi connectivity index (χ1v) is 6.72. The maximum atomic E-state index is 11.1. The van der Waals surface area contributed by atoms with Gasteiger partial charge in [0.25, 0.3) is 0 Å². The van der Waals surface area contributed by atoms with E-state index in [1.165, 1.54) is 0 Å². The number of hydrogen-bond acceptors (Lipinski definition) is 3. The summed E-state index contributed by atoms with van der Waals surface area (Å²) in [5, 5.41) is 19.4. The molecule has 2 amide bonds. The summed E-state index contributed by atoms with van der Waals surface area (Å²) < 4.78 is 0. The molecule has 7 heteroatoms. The number of anilines is 1. The van der Waals surface area contributed by atoms with Gasteiger partial charge < -0.3 is 5.73 Å². The van der Waals surface area contributed by atoms with Crippen LogP contribution in [0.4, 0.5) is 10.6 Å². The first-order chi connectivity index (χ1) is 10.6. The van der Waals surface area contributed by atoms with Crippen molar-refractivity contribution in [3.63, 3.8) is 0 Å². The summed E-state index contributed by atoms with van der Waals surface area (Å²) in [7, 11) is 0. The van der Waals surface area contributed by atoms with Crippen LogP contribution in [0.3, 0.4) is 0 Å². The van der Waals surface area contributed by atoms with Crippen molar-refractivity contribution in [2.75, 3.05) is 5.32 Å². The number of H-pyrrole nitrogens is 1. The van der Waals surface area contributed by atoms with Crippen molar-refractivity contribution < 1.29 is 4.79 Å². The minimum Gasteiger partial charge on any atom is -0.351 e. The van der Waals surface area contributed by atoms with Gasteiger partial charge in [-0.3, -0.25) is 10.4 Å². The highest BCUT2D eigenvalue weighted by molar-refractivity contribution is 6.36. The van der Waals surface area contributed by atoms with Crippen LogP contribution in [0.2, 0.25) is 5.02 Å². The van der Waals surface area contributed by atoms with Crippen molar-refractivity contribution in [1.29, 1.82) is 5.26 Å². The molecule has 3 aromatic rings. The van der Waals surface area contributed by atoms with Crippen LogP contribution in [0.5, 0.6) is 0 Å². The number of hydrogen-bond donors (Lipinski definition) is 3. The van der Waals surface area contributed by atoms with Crippen LogP contribution in [0, 0.1) is 11.3 Å². The van der Waals surface area contributed by atoms with Gasteiger partial charge in [0.2, 0.25) is 0 Å². The minimum absolute atomic E-state index is 0.257. The van der Waals surface area contributed by atoms with Crippen LogP contribution >= 0.6 is 11.6 Å². The highest BCUT2D eigenvalue weighted by Gasteiger charge is 2.18. The van der Waals surface area contributed by atoms with Gasteiger partial charge >= 0.3 is 6.03 Å². The van der Waals surface area contributed by atoms with Crippen LogP contribution in [-0.4, -0.2) is 16.2 Å². The fourth-order valence-corrected chi connectivity index (χ4v) is 2.58. The lowest BCUT2D eigenvalue weighted by atomic mass is 10.0. The van der Waals surface area contributed by atoms with Gasteiger partial charge in [0, 0.05) is 10.9 Å². The molecule has 0 fully saturated rings. The summed E-state index contributed by atoms with van der Waals surface area (Å²) in [4.78, 5) is 11.1. The monoisotopic (exact) mass is 311 g/mol. The van der Waals surface area contributed by atoms with E-state index >= 15 is 0 Å². The summed E-state index contributed by atoms with van der Waals surface area (Å²) in [6.07, 6.45) is 0. The van der Waals surface area contributed by atoms with E-state index in [1.54, 1.807) is 6.07 Å². The molecular weight excluding hydrogens is 302 g/mol. The highest BCUT2D eigenvalue weighted by Crippen LogP contribution is 2.37. The van der Waals surface area contributed by atoms with Gasteiger partial charge in [0.15, 0.2) is 5.82 Å². The van der Waals surface area contributed by atoms with Crippen molar-refractivity contribution in [3.05, 3.63) is 47.0 Å². The molecule has 1 heterocycles. The van der Waals surface area contributed by atoms with Gasteiger partial charge in [-0.25, -0.2) is 4.79 Å². The van der Waals surface area contributed by atoms with Crippen molar-refractivity contribution in [2.45, 2.75) is 0 Å². The summed E-state index contributed by atoms with van der Waals surface area (Å²) in [6.45, 7) is 0. The third-order valence-corrected chi connectivity index (χ3v) is 3.63. The number of rotatable bonds is 2. The zero-order valence-electron chi connectivity index (χ0n) is 11.2. The molecule has 2 aromatic carbocycles. The van der Waals surface area contributed by atoms with Crippen LogP contribution in [0.15, 0.2) is 36.4 Å². The molecular formula is C15H10ClN5O. The number of carbonyl (C=O) groups is 1. The van der Waals surface area contributed by atoms with Crippen molar-refractivity contribution in [1.82, 2.24) is 10.2 Å². The molecule has 0 saturated carbocycles. The van der Waals surface area contributed by atoms with Crippen LogP contribution in [0.1, 0.15) is 5.56 Å². The number of nitrogens with one attached hydrogen (secondary N) is 2. The van der Waals surface area contributed by atoms with Gasteiger partial charge in [0.05, 0.1) is 16.1 Å². The van der Waals surface area contributed by atoms with E-state index in [0.717, 1.165) is 5.56 Å². The van der Waals surface area contributed by atoms with Crippen LogP contribution in [-0.2, 0) is 0 Å². The number of halogens is 1. The number of urea groups is 1. The summed E-state index contributed by atoms with van der Waals surface area (Å²) >= 11 is 6.36. The Kier molecular flexibility index (Phi) is 3.41. The molecule has 0 aliphatic heterocycles. The SMILES string of the molecule is N#Cc1c(Cl)c(-c2ccccc2)cc2c(NC(N)=O)n[nH]c12. The Morgan fingerprint density at radius 3 is 2.73 bits per heavy atom. The third kappa shape index (κ3) is 2.24. The molecule has 0 spiro atoms. The number of nitrogens with zero attached hydrogens (tertiary/aromatic N) is 2. The number of fused-ring (bicyclic) bond motifs is 1. The lowest BCUT2D eigenvalue weighted by Crippen LogP contribution is -2.19. The predicted octanol–water partition coefficient (Wildman–Crippen LogP) is 3.25. The smallest absolute Gasteiger partial charge is 0.317 e. The van der Waals surface area contributed by atoms with Crippen molar-refractivity contribution >= 4 is 34.4 Å². The van der Waals surface area contributed by atoms with E-state index in [0.29, 0.717) is 21.5 Å². The lowest BCUT2D eigenvalue weighted by molar-refractivity contribution is 0.259. The Balaban J connectivity index is 2.32. The molecule has 0 radical (unpaired) electrons. The zero-order chi connectivity index (χ0) is 15.7. The minimum atomic E-state index is -0.733. The largest absolute Gasteiger partial charge is 0.351 e. The maximum Gasteiger partial charge on any atom is 0.317 e.